The SMILES string of the molecule is CCOc1cc(C=C(C#N)C#N)cc(I)c1OC(=O)c1ccccc1. The Balaban J connectivity index is 2.41. The van der Waals surface area contributed by atoms with Crippen LogP contribution >= 0.6 is 22.6 Å². The molecule has 0 aliphatic carbocycles. The van der Waals surface area contributed by atoms with Crippen LogP contribution in [0.4, 0.5) is 0 Å². The van der Waals surface area contributed by atoms with E-state index in [-0.39, 0.29) is 5.57 Å². The van der Waals surface area contributed by atoms with Crippen LogP contribution in [0, 0.1) is 26.2 Å². The standard InChI is InChI=1S/C19H13IN2O3/c1-2-24-17-10-13(8-14(11-21)12-22)9-16(20)18(17)25-19(23)15-6-4-3-5-7-15/h3-10H,2H2,1H3. The third-order valence-corrected chi connectivity index (χ3v) is 3.89. The number of allylic oxidation sites excluding steroid dienone is 1. The number of carbonyl (C=O) groups excluding carboxylic acids is 1. The molecule has 0 radical (unpaired) electrons. The highest BCUT2D eigenvalue weighted by Gasteiger charge is 2.17. The van der Waals surface area contributed by atoms with Gasteiger partial charge in [0.2, 0.25) is 0 Å². The van der Waals surface area contributed by atoms with E-state index in [1.165, 1.54) is 6.08 Å². The van der Waals surface area contributed by atoms with Gasteiger partial charge in [-0.15, -0.1) is 0 Å². The number of hydrogen-bond acceptors (Lipinski definition) is 5. The van der Waals surface area contributed by atoms with Gasteiger partial charge in [-0.3, -0.25) is 0 Å². The first-order chi connectivity index (χ1) is 12.1. The molecule has 0 heterocycles. The summed E-state index contributed by atoms with van der Waals surface area (Å²) < 4.78 is 11.7. The summed E-state index contributed by atoms with van der Waals surface area (Å²) in [5, 5.41) is 17.8. The molecular weight excluding hydrogens is 431 g/mol. The molecule has 5 nitrogen and oxygen atoms in total. The number of nitriles is 2. The fourth-order valence-electron chi connectivity index (χ4n) is 2.02. The molecule has 2 rings (SSSR count). The van der Waals surface area contributed by atoms with E-state index in [9.17, 15) is 4.79 Å². The summed E-state index contributed by atoms with van der Waals surface area (Å²) in [6, 6.07) is 15.6. The van der Waals surface area contributed by atoms with E-state index in [1.54, 1.807) is 36.4 Å². The number of esters is 1. The molecule has 0 bridgehead atoms. The summed E-state index contributed by atoms with van der Waals surface area (Å²) in [7, 11) is 0. The average molecular weight is 444 g/mol. The van der Waals surface area contributed by atoms with Crippen LogP contribution in [0.1, 0.15) is 22.8 Å². The van der Waals surface area contributed by atoms with Crippen molar-refractivity contribution in [1.82, 2.24) is 0 Å². The molecular formula is C19H13IN2O3. The van der Waals surface area contributed by atoms with E-state index >= 15 is 0 Å². The molecule has 0 fully saturated rings. The normalized spacial score (nSPS) is 9.44. The van der Waals surface area contributed by atoms with Crippen LogP contribution < -0.4 is 9.47 Å². The zero-order valence-electron chi connectivity index (χ0n) is 13.3. The second-order valence-electron chi connectivity index (χ2n) is 4.80. The molecule has 124 valence electrons. The molecule has 0 aliphatic heterocycles. The number of nitrogens with zero attached hydrogens (tertiary/aromatic N) is 2. The number of benzene rings is 2. The van der Waals surface area contributed by atoms with Gasteiger partial charge in [0.1, 0.15) is 17.7 Å². The summed E-state index contributed by atoms with van der Waals surface area (Å²) >= 11 is 2.02. The Morgan fingerprint density at radius 3 is 2.48 bits per heavy atom. The first-order valence-corrected chi connectivity index (χ1v) is 8.42. The Labute approximate surface area is 159 Å². The lowest BCUT2D eigenvalue weighted by Gasteiger charge is -2.13. The highest BCUT2D eigenvalue weighted by atomic mass is 127. The Bertz CT molecular complexity index is 877. The molecule has 0 aromatic heterocycles. The summed E-state index contributed by atoms with van der Waals surface area (Å²) in [6.45, 7) is 2.19. The Kier molecular flexibility index (Phi) is 6.55. The van der Waals surface area contributed by atoms with Gasteiger partial charge in [-0.1, -0.05) is 18.2 Å². The number of hydrogen-bond donors (Lipinski definition) is 0. The van der Waals surface area contributed by atoms with Crippen LogP contribution in [-0.2, 0) is 0 Å². The fourth-order valence-corrected chi connectivity index (χ4v) is 2.75. The first kappa shape index (κ1) is 18.5. The van der Waals surface area contributed by atoms with E-state index < -0.39 is 5.97 Å². The van der Waals surface area contributed by atoms with Crippen LogP contribution in [-0.4, -0.2) is 12.6 Å². The van der Waals surface area contributed by atoms with Gasteiger partial charge in [0.05, 0.1) is 15.7 Å². The third-order valence-electron chi connectivity index (χ3n) is 3.09. The van der Waals surface area contributed by atoms with Crippen LogP contribution in [0.5, 0.6) is 11.5 Å². The molecule has 0 N–H and O–H groups in total. The molecule has 0 saturated heterocycles. The average Bonchev–Trinajstić information content (AvgIpc) is 2.63. The monoisotopic (exact) mass is 444 g/mol. The quantitative estimate of drug-likeness (QED) is 0.297. The number of carbonyl (C=O) groups is 1. The minimum absolute atomic E-state index is 0.0210. The maximum Gasteiger partial charge on any atom is 0.343 e. The van der Waals surface area contributed by atoms with Crippen molar-refractivity contribution in [2.45, 2.75) is 6.92 Å². The van der Waals surface area contributed by atoms with Crippen molar-refractivity contribution in [2.75, 3.05) is 6.61 Å². The van der Waals surface area contributed by atoms with Gasteiger partial charge in [0, 0.05) is 0 Å². The Morgan fingerprint density at radius 2 is 1.88 bits per heavy atom. The largest absolute Gasteiger partial charge is 0.490 e. The van der Waals surface area contributed by atoms with Crippen molar-refractivity contribution in [3.05, 3.63) is 62.7 Å². The number of halogens is 1. The predicted octanol–water partition coefficient (Wildman–Crippen LogP) is 4.34. The smallest absolute Gasteiger partial charge is 0.343 e. The molecule has 2 aromatic rings. The van der Waals surface area contributed by atoms with Crippen LogP contribution in [0.15, 0.2) is 48.0 Å². The second-order valence-corrected chi connectivity index (χ2v) is 5.96. The molecule has 0 unspecified atom stereocenters. The van der Waals surface area contributed by atoms with Gasteiger partial charge in [-0.25, -0.2) is 4.79 Å². The number of ether oxygens (including phenoxy) is 2. The molecule has 0 amide bonds. The maximum atomic E-state index is 12.3. The third kappa shape index (κ3) is 4.82. The topological polar surface area (TPSA) is 83.1 Å². The highest BCUT2D eigenvalue weighted by molar-refractivity contribution is 14.1. The lowest BCUT2D eigenvalue weighted by molar-refractivity contribution is 0.0727. The fraction of sp³-hybridized carbons (Fsp3) is 0.105. The van der Waals surface area contributed by atoms with Crippen LogP contribution in [0.2, 0.25) is 0 Å². The Hall–Kier alpha value is -2.84. The van der Waals surface area contributed by atoms with Gasteiger partial charge in [0.25, 0.3) is 0 Å². The van der Waals surface area contributed by atoms with E-state index in [2.05, 4.69) is 0 Å². The zero-order valence-corrected chi connectivity index (χ0v) is 15.5. The summed E-state index contributed by atoms with van der Waals surface area (Å²) in [4.78, 5) is 12.3. The van der Waals surface area contributed by atoms with Gasteiger partial charge in [-0.05, 0) is 65.4 Å². The summed E-state index contributed by atoms with van der Waals surface area (Å²) in [5.74, 6) is 0.196. The molecule has 2 aromatic carbocycles. The van der Waals surface area contributed by atoms with E-state index in [0.717, 1.165) is 0 Å². The molecule has 0 aliphatic rings. The van der Waals surface area contributed by atoms with Crippen molar-refractivity contribution >= 4 is 34.6 Å². The number of rotatable bonds is 5. The van der Waals surface area contributed by atoms with Gasteiger partial charge >= 0.3 is 5.97 Å². The predicted molar refractivity (Wildman–Crippen MR) is 101 cm³/mol. The molecule has 6 heteroatoms. The molecule has 0 spiro atoms. The minimum atomic E-state index is -0.488. The lowest BCUT2D eigenvalue weighted by atomic mass is 10.1. The van der Waals surface area contributed by atoms with Crippen molar-refractivity contribution in [3.63, 3.8) is 0 Å². The van der Waals surface area contributed by atoms with Crippen molar-refractivity contribution < 1.29 is 14.3 Å². The minimum Gasteiger partial charge on any atom is -0.490 e. The lowest BCUT2D eigenvalue weighted by Crippen LogP contribution is -2.10. The zero-order chi connectivity index (χ0) is 18.2. The van der Waals surface area contributed by atoms with Crippen molar-refractivity contribution in [2.24, 2.45) is 0 Å². The Morgan fingerprint density at radius 1 is 1.20 bits per heavy atom. The van der Waals surface area contributed by atoms with Crippen molar-refractivity contribution in [1.29, 1.82) is 10.5 Å². The van der Waals surface area contributed by atoms with Gasteiger partial charge in [-0.2, -0.15) is 10.5 Å². The second kappa shape index (κ2) is 8.86. The van der Waals surface area contributed by atoms with E-state index in [1.807, 2.05) is 47.7 Å². The van der Waals surface area contributed by atoms with Gasteiger partial charge in [0.15, 0.2) is 11.5 Å². The van der Waals surface area contributed by atoms with Crippen LogP contribution in [0.3, 0.4) is 0 Å². The van der Waals surface area contributed by atoms with Crippen LogP contribution in [0.25, 0.3) is 6.08 Å². The van der Waals surface area contributed by atoms with E-state index in [0.29, 0.717) is 32.8 Å². The summed E-state index contributed by atoms with van der Waals surface area (Å²) in [5.41, 5.74) is 1.03. The maximum absolute atomic E-state index is 12.3. The first-order valence-electron chi connectivity index (χ1n) is 7.34. The summed E-state index contributed by atoms with van der Waals surface area (Å²) in [6.07, 6.45) is 1.45. The highest BCUT2D eigenvalue weighted by Crippen LogP contribution is 2.35. The van der Waals surface area contributed by atoms with E-state index in [4.69, 9.17) is 20.0 Å². The molecule has 0 saturated carbocycles. The van der Waals surface area contributed by atoms with Crippen molar-refractivity contribution in [3.8, 4) is 23.6 Å². The molecule has 0 atom stereocenters. The van der Waals surface area contributed by atoms with Gasteiger partial charge < -0.3 is 9.47 Å². The molecule has 25 heavy (non-hydrogen) atoms.